The van der Waals surface area contributed by atoms with E-state index >= 15 is 0 Å². The molecule has 0 fully saturated rings. The first-order valence-electron chi connectivity index (χ1n) is 6.40. The monoisotopic (exact) mass is 252 g/mol. The number of furan rings is 1. The number of nitrogens with zero attached hydrogens (tertiary/aromatic N) is 1. The zero-order chi connectivity index (χ0) is 13.2. The minimum absolute atomic E-state index is 0.210. The van der Waals surface area contributed by atoms with E-state index in [1.165, 1.54) is 0 Å². The van der Waals surface area contributed by atoms with Gasteiger partial charge in [0.15, 0.2) is 0 Å². The molecule has 3 heteroatoms. The van der Waals surface area contributed by atoms with Crippen molar-refractivity contribution in [2.45, 2.75) is 13.0 Å². The van der Waals surface area contributed by atoms with Crippen LogP contribution in [0.3, 0.4) is 0 Å². The number of hydrogen-bond donors (Lipinski definition) is 1. The maximum Gasteiger partial charge on any atom is 0.135 e. The lowest BCUT2D eigenvalue weighted by molar-refractivity contribution is 0.458. The van der Waals surface area contributed by atoms with Gasteiger partial charge in [-0.05, 0) is 38.2 Å². The lowest BCUT2D eigenvalue weighted by atomic mass is 10.1. The zero-order valence-corrected chi connectivity index (χ0v) is 11.1. The van der Waals surface area contributed by atoms with Crippen molar-refractivity contribution in [3.8, 4) is 11.3 Å². The van der Waals surface area contributed by atoms with E-state index in [-0.39, 0.29) is 6.04 Å². The highest BCUT2D eigenvalue weighted by atomic mass is 16.3. The average Bonchev–Trinajstić information content (AvgIpc) is 2.95. The summed E-state index contributed by atoms with van der Waals surface area (Å²) in [5.74, 6) is 1.83. The summed E-state index contributed by atoms with van der Waals surface area (Å²) in [6.45, 7) is 2.08. The van der Waals surface area contributed by atoms with Crippen LogP contribution in [0.4, 0.5) is 0 Å². The predicted molar refractivity (Wildman–Crippen MR) is 76.9 cm³/mol. The molecule has 1 N–H and O–H groups in total. The lowest BCUT2D eigenvalue weighted by Crippen LogP contribution is -2.10. The van der Waals surface area contributed by atoms with Crippen molar-refractivity contribution < 1.29 is 4.42 Å². The van der Waals surface area contributed by atoms with E-state index in [4.69, 9.17) is 4.42 Å². The average molecular weight is 252 g/mol. The largest absolute Gasteiger partial charge is 0.459 e. The normalized spacial score (nSPS) is 12.7. The number of rotatable bonds is 3. The molecule has 3 aromatic rings. The van der Waals surface area contributed by atoms with E-state index in [2.05, 4.69) is 29.4 Å². The van der Waals surface area contributed by atoms with Crippen molar-refractivity contribution in [3.05, 3.63) is 54.4 Å². The zero-order valence-electron chi connectivity index (χ0n) is 11.1. The number of pyridine rings is 1. The smallest absolute Gasteiger partial charge is 0.135 e. The van der Waals surface area contributed by atoms with Gasteiger partial charge in [-0.15, -0.1) is 0 Å². The summed E-state index contributed by atoms with van der Waals surface area (Å²) >= 11 is 0. The molecule has 0 saturated carbocycles. The van der Waals surface area contributed by atoms with Crippen LogP contribution in [0.25, 0.3) is 22.2 Å². The second kappa shape index (κ2) is 4.86. The third-order valence-electron chi connectivity index (χ3n) is 3.40. The highest BCUT2D eigenvalue weighted by molar-refractivity contribution is 5.93. The molecule has 3 nitrogen and oxygen atoms in total. The Kier molecular flexibility index (Phi) is 3.05. The van der Waals surface area contributed by atoms with E-state index in [0.29, 0.717) is 0 Å². The van der Waals surface area contributed by atoms with Crippen LogP contribution in [0.5, 0.6) is 0 Å². The van der Waals surface area contributed by atoms with Gasteiger partial charge in [-0.2, -0.15) is 0 Å². The fraction of sp³-hybridized carbons (Fsp3) is 0.188. The van der Waals surface area contributed by atoms with Crippen molar-refractivity contribution in [1.82, 2.24) is 10.3 Å². The molecule has 0 spiro atoms. The Hall–Kier alpha value is -2.13. The first-order chi connectivity index (χ1) is 9.29. The molecule has 0 amide bonds. The molecule has 2 heterocycles. The molecular weight excluding hydrogens is 236 g/mol. The van der Waals surface area contributed by atoms with Crippen LogP contribution in [-0.4, -0.2) is 12.0 Å². The summed E-state index contributed by atoms with van der Waals surface area (Å²) in [4.78, 5) is 4.37. The van der Waals surface area contributed by atoms with Gasteiger partial charge >= 0.3 is 0 Å². The summed E-state index contributed by atoms with van der Waals surface area (Å²) in [6, 6.07) is 14.4. The number of aromatic nitrogens is 1. The number of hydrogen-bond acceptors (Lipinski definition) is 3. The summed E-state index contributed by atoms with van der Waals surface area (Å²) < 4.78 is 5.94. The first kappa shape index (κ1) is 11.9. The van der Waals surface area contributed by atoms with E-state index in [1.54, 1.807) is 0 Å². The minimum atomic E-state index is 0.210. The fourth-order valence-electron chi connectivity index (χ4n) is 2.19. The molecule has 0 saturated heterocycles. The Morgan fingerprint density at radius 3 is 2.84 bits per heavy atom. The van der Waals surface area contributed by atoms with E-state index in [0.717, 1.165) is 28.0 Å². The van der Waals surface area contributed by atoms with Crippen LogP contribution in [0.2, 0.25) is 0 Å². The third-order valence-corrected chi connectivity index (χ3v) is 3.40. The maximum absolute atomic E-state index is 5.94. The van der Waals surface area contributed by atoms with Gasteiger partial charge in [-0.25, -0.2) is 0 Å². The fourth-order valence-corrected chi connectivity index (χ4v) is 2.19. The van der Waals surface area contributed by atoms with Gasteiger partial charge < -0.3 is 9.73 Å². The second-order valence-electron chi connectivity index (χ2n) is 4.59. The first-order valence-corrected chi connectivity index (χ1v) is 6.40. The molecule has 0 aliphatic carbocycles. The van der Waals surface area contributed by atoms with Crippen LogP contribution in [0.15, 0.2) is 53.1 Å². The Balaban J connectivity index is 2.12. The molecule has 0 bridgehead atoms. The topological polar surface area (TPSA) is 38.1 Å². The lowest BCUT2D eigenvalue weighted by Gasteiger charge is -2.06. The van der Waals surface area contributed by atoms with E-state index in [1.807, 2.05) is 43.6 Å². The third kappa shape index (κ3) is 2.13. The molecule has 3 rings (SSSR count). The van der Waals surface area contributed by atoms with Gasteiger partial charge in [0.2, 0.25) is 0 Å². The number of nitrogens with one attached hydrogen (secondary N) is 1. The van der Waals surface area contributed by atoms with Crippen LogP contribution >= 0.6 is 0 Å². The van der Waals surface area contributed by atoms with Gasteiger partial charge in [-0.3, -0.25) is 4.98 Å². The van der Waals surface area contributed by atoms with Gasteiger partial charge in [-0.1, -0.05) is 18.2 Å². The minimum Gasteiger partial charge on any atom is -0.459 e. The molecule has 1 unspecified atom stereocenters. The Labute approximate surface area is 112 Å². The van der Waals surface area contributed by atoms with Gasteiger partial charge in [0.05, 0.1) is 11.6 Å². The molecule has 0 aliphatic rings. The van der Waals surface area contributed by atoms with E-state index < -0.39 is 0 Å². The highest BCUT2D eigenvalue weighted by Crippen LogP contribution is 2.30. The van der Waals surface area contributed by atoms with Gasteiger partial charge in [0.1, 0.15) is 11.5 Å². The summed E-state index contributed by atoms with van der Waals surface area (Å²) in [6.07, 6.45) is 1.81. The van der Waals surface area contributed by atoms with Crippen molar-refractivity contribution in [2.75, 3.05) is 7.05 Å². The Bertz CT molecular complexity index is 697. The van der Waals surface area contributed by atoms with Gasteiger partial charge in [0, 0.05) is 17.1 Å². The second-order valence-corrected chi connectivity index (χ2v) is 4.59. The maximum atomic E-state index is 5.94. The predicted octanol–water partition coefficient (Wildman–Crippen LogP) is 3.78. The van der Waals surface area contributed by atoms with Crippen molar-refractivity contribution in [1.29, 1.82) is 0 Å². The molecule has 2 aromatic heterocycles. The molecular formula is C16H16N2O. The van der Waals surface area contributed by atoms with Crippen molar-refractivity contribution >= 4 is 10.9 Å². The molecule has 1 aromatic carbocycles. The van der Waals surface area contributed by atoms with Crippen LogP contribution in [-0.2, 0) is 0 Å². The number of benzene rings is 1. The Morgan fingerprint density at radius 1 is 1.11 bits per heavy atom. The summed E-state index contributed by atoms with van der Waals surface area (Å²) in [5.41, 5.74) is 2.07. The summed E-state index contributed by atoms with van der Waals surface area (Å²) in [5, 5.41) is 4.29. The molecule has 96 valence electrons. The standard InChI is InChI=1S/C16H16N2O/c1-11(17-2)15-8-9-16(19-15)13-5-3-7-14-12(13)6-4-10-18-14/h3-11,17H,1-2H3. The van der Waals surface area contributed by atoms with Crippen molar-refractivity contribution in [3.63, 3.8) is 0 Å². The van der Waals surface area contributed by atoms with Crippen LogP contribution in [0.1, 0.15) is 18.7 Å². The SMILES string of the molecule is CNC(C)c1ccc(-c2cccc3ncccc23)o1. The van der Waals surface area contributed by atoms with Crippen LogP contribution in [0, 0.1) is 0 Å². The highest BCUT2D eigenvalue weighted by Gasteiger charge is 2.11. The van der Waals surface area contributed by atoms with Crippen molar-refractivity contribution in [2.24, 2.45) is 0 Å². The Morgan fingerprint density at radius 2 is 2.00 bits per heavy atom. The van der Waals surface area contributed by atoms with Gasteiger partial charge in [0.25, 0.3) is 0 Å². The quantitative estimate of drug-likeness (QED) is 0.771. The van der Waals surface area contributed by atoms with Crippen LogP contribution < -0.4 is 5.32 Å². The number of fused-ring (bicyclic) bond motifs is 1. The molecule has 0 aliphatic heterocycles. The summed E-state index contributed by atoms with van der Waals surface area (Å²) in [7, 11) is 1.93. The molecule has 0 radical (unpaired) electrons. The molecule has 19 heavy (non-hydrogen) atoms. The van der Waals surface area contributed by atoms with E-state index in [9.17, 15) is 0 Å². The molecule has 1 atom stereocenters.